The molecule has 0 aromatic heterocycles. The molecular weight excluding hydrogens is 152 g/mol. The molecule has 0 saturated carbocycles. The Labute approximate surface area is 61.3 Å². The molecule has 0 spiro atoms. The predicted molar refractivity (Wildman–Crippen MR) is 39.0 cm³/mol. The Morgan fingerprint density at radius 1 is 1.20 bits per heavy atom. The molecule has 1 saturated heterocycles. The molecule has 5 heteroatoms. The van der Waals surface area contributed by atoms with Crippen molar-refractivity contribution < 1.29 is 8.42 Å². The largest absolute Gasteiger partial charge is 0.243 e. The number of hydrogen-bond donors (Lipinski definition) is 0. The van der Waals surface area contributed by atoms with E-state index in [2.05, 4.69) is 0 Å². The fourth-order valence-electron chi connectivity index (χ4n) is 0.890. The number of sulfone groups is 1. The smallest absolute Gasteiger partial charge is 0.166 e. The average Bonchev–Trinajstić information content (AvgIpc) is 1.79. The van der Waals surface area contributed by atoms with Crippen molar-refractivity contribution in [3.8, 4) is 0 Å². The van der Waals surface area contributed by atoms with Crippen LogP contribution in [0.4, 0.5) is 0 Å². The highest BCUT2D eigenvalue weighted by atomic mass is 32.2. The van der Waals surface area contributed by atoms with E-state index in [-0.39, 0.29) is 11.6 Å². The fraction of sp³-hybridized carbons (Fsp3) is 1.00. The second kappa shape index (κ2) is 2.48. The molecule has 4 nitrogen and oxygen atoms in total. The van der Waals surface area contributed by atoms with Crippen molar-refractivity contribution in [3.63, 3.8) is 0 Å². The quantitative estimate of drug-likeness (QED) is 0.467. The third-order valence-electron chi connectivity index (χ3n) is 1.69. The molecule has 0 atom stereocenters. The SMILES string of the molecule is CN1CCS(=O)(=O)CN1C. The summed E-state index contributed by atoms with van der Waals surface area (Å²) in [6.07, 6.45) is 0. The molecule has 0 aromatic carbocycles. The highest BCUT2D eigenvalue weighted by Gasteiger charge is 2.23. The zero-order valence-corrected chi connectivity index (χ0v) is 7.06. The van der Waals surface area contributed by atoms with Crippen molar-refractivity contribution in [2.75, 3.05) is 32.3 Å². The molecule has 0 N–H and O–H groups in total. The van der Waals surface area contributed by atoms with Crippen LogP contribution >= 0.6 is 0 Å². The summed E-state index contributed by atoms with van der Waals surface area (Å²) in [6, 6.07) is 0. The van der Waals surface area contributed by atoms with Gasteiger partial charge in [0.25, 0.3) is 0 Å². The van der Waals surface area contributed by atoms with Crippen molar-refractivity contribution in [1.82, 2.24) is 10.0 Å². The lowest BCUT2D eigenvalue weighted by molar-refractivity contribution is 0.0455. The summed E-state index contributed by atoms with van der Waals surface area (Å²) in [5, 5.41) is 3.61. The predicted octanol–water partition coefficient (Wildman–Crippen LogP) is -0.849. The van der Waals surface area contributed by atoms with E-state index in [0.29, 0.717) is 6.54 Å². The van der Waals surface area contributed by atoms with E-state index in [1.54, 1.807) is 12.1 Å². The summed E-state index contributed by atoms with van der Waals surface area (Å²) in [5.74, 6) is 0.442. The lowest BCUT2D eigenvalue weighted by Gasteiger charge is -2.32. The maximum Gasteiger partial charge on any atom is 0.166 e. The molecule has 1 aliphatic rings. The molecule has 10 heavy (non-hydrogen) atoms. The van der Waals surface area contributed by atoms with Crippen LogP contribution in [0.15, 0.2) is 0 Å². The van der Waals surface area contributed by atoms with Crippen molar-refractivity contribution in [2.45, 2.75) is 0 Å². The summed E-state index contributed by atoms with van der Waals surface area (Å²) in [4.78, 5) is 0. The van der Waals surface area contributed by atoms with Gasteiger partial charge in [-0.2, -0.15) is 0 Å². The Bertz CT molecular complexity index is 212. The van der Waals surface area contributed by atoms with Gasteiger partial charge in [0.15, 0.2) is 9.84 Å². The molecule has 0 amide bonds. The molecule has 0 bridgehead atoms. The van der Waals surface area contributed by atoms with Gasteiger partial charge in [-0.3, -0.25) is 0 Å². The first-order valence-corrected chi connectivity index (χ1v) is 4.96. The lowest BCUT2D eigenvalue weighted by Crippen LogP contribution is -2.48. The molecule has 60 valence electrons. The van der Waals surface area contributed by atoms with Crippen LogP contribution in [0.2, 0.25) is 0 Å². The first-order chi connectivity index (χ1) is 4.51. The van der Waals surface area contributed by atoms with E-state index in [4.69, 9.17) is 0 Å². The van der Waals surface area contributed by atoms with Crippen molar-refractivity contribution in [1.29, 1.82) is 0 Å². The number of rotatable bonds is 0. The molecule has 1 fully saturated rings. The van der Waals surface area contributed by atoms with Crippen LogP contribution in [0, 0.1) is 0 Å². The van der Waals surface area contributed by atoms with Gasteiger partial charge in [0.05, 0.1) is 5.75 Å². The van der Waals surface area contributed by atoms with E-state index < -0.39 is 9.84 Å². The maximum atomic E-state index is 10.9. The molecule has 0 unspecified atom stereocenters. The third-order valence-corrected chi connectivity index (χ3v) is 3.26. The zero-order valence-electron chi connectivity index (χ0n) is 6.24. The number of hydrogen-bond acceptors (Lipinski definition) is 4. The minimum Gasteiger partial charge on any atom is -0.243 e. The lowest BCUT2D eigenvalue weighted by atomic mass is 10.7. The van der Waals surface area contributed by atoms with Crippen LogP contribution in [-0.4, -0.2) is 50.7 Å². The summed E-state index contributed by atoms with van der Waals surface area (Å²) in [5.41, 5.74) is 0. The van der Waals surface area contributed by atoms with E-state index >= 15 is 0 Å². The Morgan fingerprint density at radius 3 is 2.20 bits per heavy atom. The van der Waals surface area contributed by atoms with Crippen molar-refractivity contribution in [2.24, 2.45) is 0 Å². The van der Waals surface area contributed by atoms with Crippen LogP contribution < -0.4 is 0 Å². The third kappa shape index (κ3) is 1.68. The molecule has 1 aliphatic heterocycles. The van der Waals surface area contributed by atoms with Gasteiger partial charge in [-0.05, 0) is 0 Å². The summed E-state index contributed by atoms with van der Waals surface area (Å²) < 4.78 is 21.9. The minimum atomic E-state index is -2.78. The molecule has 0 aliphatic carbocycles. The second-order valence-electron chi connectivity index (χ2n) is 2.62. The standard InChI is InChI=1S/C5H12N2O2S/c1-6-3-4-10(8,9)5-7(6)2/h3-5H2,1-2H3. The average molecular weight is 164 g/mol. The number of nitrogens with zero attached hydrogens (tertiary/aromatic N) is 2. The fourth-order valence-corrected chi connectivity index (χ4v) is 2.33. The van der Waals surface area contributed by atoms with Gasteiger partial charge in [-0.15, -0.1) is 0 Å². The topological polar surface area (TPSA) is 40.6 Å². The van der Waals surface area contributed by atoms with Gasteiger partial charge in [0.1, 0.15) is 5.88 Å². The molecular formula is C5H12N2O2S. The summed E-state index contributed by atoms with van der Waals surface area (Å²) >= 11 is 0. The van der Waals surface area contributed by atoms with Gasteiger partial charge in [0.2, 0.25) is 0 Å². The van der Waals surface area contributed by atoms with Gasteiger partial charge in [-0.1, -0.05) is 0 Å². The normalized spacial score (nSPS) is 28.6. The maximum absolute atomic E-state index is 10.9. The van der Waals surface area contributed by atoms with Gasteiger partial charge >= 0.3 is 0 Å². The van der Waals surface area contributed by atoms with E-state index in [9.17, 15) is 8.42 Å². The molecule has 1 heterocycles. The Hall–Kier alpha value is -0.130. The van der Waals surface area contributed by atoms with E-state index in [1.165, 1.54) is 0 Å². The van der Waals surface area contributed by atoms with Crippen molar-refractivity contribution >= 4 is 9.84 Å². The van der Waals surface area contributed by atoms with Crippen LogP contribution in [0.1, 0.15) is 0 Å². The monoisotopic (exact) mass is 164 g/mol. The Kier molecular flexibility index (Phi) is 1.98. The zero-order chi connectivity index (χ0) is 7.78. The van der Waals surface area contributed by atoms with E-state index in [1.807, 2.05) is 12.1 Å². The van der Waals surface area contributed by atoms with E-state index in [0.717, 1.165) is 0 Å². The van der Waals surface area contributed by atoms with Gasteiger partial charge in [-0.25, -0.2) is 18.4 Å². The highest BCUT2D eigenvalue weighted by Crippen LogP contribution is 2.04. The van der Waals surface area contributed by atoms with Crippen LogP contribution in [0.25, 0.3) is 0 Å². The highest BCUT2D eigenvalue weighted by molar-refractivity contribution is 7.91. The first-order valence-electron chi connectivity index (χ1n) is 3.14. The summed E-state index contributed by atoms with van der Waals surface area (Å²) in [6.45, 7) is 0.610. The van der Waals surface area contributed by atoms with Gasteiger partial charge in [0, 0.05) is 20.6 Å². The molecule has 1 rings (SSSR count). The Balaban J connectivity index is 2.66. The van der Waals surface area contributed by atoms with Crippen LogP contribution in [-0.2, 0) is 9.84 Å². The van der Waals surface area contributed by atoms with Gasteiger partial charge < -0.3 is 0 Å². The number of hydrazine groups is 1. The summed E-state index contributed by atoms with van der Waals surface area (Å²) in [7, 11) is 0.878. The second-order valence-corrected chi connectivity index (χ2v) is 4.77. The minimum absolute atomic E-state index is 0.156. The molecule has 0 aromatic rings. The molecule has 0 radical (unpaired) electrons. The van der Waals surface area contributed by atoms with Crippen LogP contribution in [0.3, 0.4) is 0 Å². The van der Waals surface area contributed by atoms with Crippen molar-refractivity contribution in [3.05, 3.63) is 0 Å². The Morgan fingerprint density at radius 2 is 1.80 bits per heavy atom. The first kappa shape index (κ1) is 7.97. The van der Waals surface area contributed by atoms with Crippen LogP contribution in [0.5, 0.6) is 0 Å².